The third-order valence-electron chi connectivity index (χ3n) is 7.07. The van der Waals surface area contributed by atoms with E-state index in [9.17, 15) is 13.2 Å². The topological polar surface area (TPSA) is 71.4 Å². The van der Waals surface area contributed by atoms with Crippen LogP contribution in [-0.2, 0) is 21.9 Å². The van der Waals surface area contributed by atoms with Gasteiger partial charge in [0.15, 0.2) is 0 Å². The molecular weight excluding hydrogens is 362 g/mol. The Hall–Kier alpha value is -1.34. The molecule has 2 bridgehead atoms. The van der Waals surface area contributed by atoms with Gasteiger partial charge in [-0.15, -0.1) is 0 Å². The van der Waals surface area contributed by atoms with Gasteiger partial charge in [-0.3, -0.25) is 4.79 Å². The molecule has 2 heterocycles. The third-order valence-corrected chi connectivity index (χ3v) is 8.95. The molecule has 6 nitrogen and oxygen atoms in total. The number of carbonyl (C=O) groups excluding carboxylic acids is 1. The number of fused-ring (bicyclic) bond motifs is 2. The molecule has 1 amide bonds. The van der Waals surface area contributed by atoms with Gasteiger partial charge in [0, 0.05) is 44.5 Å². The molecule has 0 radical (unpaired) electrons. The second kappa shape index (κ2) is 7.24. The summed E-state index contributed by atoms with van der Waals surface area (Å²) in [5.74, 6) is 2.34. The molecule has 0 aromatic carbocycles. The van der Waals surface area contributed by atoms with Crippen LogP contribution in [0.15, 0.2) is 23.4 Å². The van der Waals surface area contributed by atoms with Gasteiger partial charge in [0.1, 0.15) is 0 Å². The minimum atomic E-state index is -3.45. The minimum Gasteiger partial charge on any atom is -0.356 e. The maximum Gasteiger partial charge on any atom is 0.244 e. The highest BCUT2D eigenvalue weighted by Gasteiger charge is 2.42. The minimum absolute atomic E-state index is 0.0757. The number of nitrogens with zero attached hydrogens (tertiary/aromatic N) is 2. The van der Waals surface area contributed by atoms with Crippen LogP contribution >= 0.6 is 0 Å². The number of carbonyl (C=O) groups is 1. The van der Waals surface area contributed by atoms with Crippen molar-refractivity contribution in [2.24, 2.45) is 30.7 Å². The zero-order valence-electron chi connectivity index (χ0n) is 16.3. The van der Waals surface area contributed by atoms with E-state index in [2.05, 4.69) is 12.2 Å². The highest BCUT2D eigenvalue weighted by Crippen LogP contribution is 2.49. The molecule has 1 N–H and O–H groups in total. The molecule has 2 aliphatic carbocycles. The standard InChI is InChI=1S/C20H31N3O3S/c1-14(19-12-15-3-4-17(19)11-15)21-20(24)16-5-9-23(10-6-16)27(25,26)18-7-8-22(2)13-18/h7-8,13-17,19H,3-6,9-12H2,1-2H3,(H,21,24)/t14-,15-,17-,19-/m0/s1. The second-order valence-electron chi connectivity index (χ2n) is 8.83. The summed E-state index contributed by atoms with van der Waals surface area (Å²) in [4.78, 5) is 13.1. The Labute approximate surface area is 162 Å². The molecule has 4 rings (SSSR count). The number of aryl methyl sites for hydroxylation is 1. The summed E-state index contributed by atoms with van der Waals surface area (Å²) in [6.45, 7) is 2.98. The van der Waals surface area contributed by atoms with Crippen molar-refractivity contribution < 1.29 is 13.2 Å². The third kappa shape index (κ3) is 3.68. The van der Waals surface area contributed by atoms with Crippen molar-refractivity contribution in [3.05, 3.63) is 18.5 Å². The molecule has 7 heteroatoms. The fraction of sp³-hybridized carbons (Fsp3) is 0.750. The molecule has 1 aromatic heterocycles. The summed E-state index contributed by atoms with van der Waals surface area (Å²) in [6, 6.07) is 1.87. The van der Waals surface area contributed by atoms with E-state index in [0.29, 0.717) is 36.7 Å². The average Bonchev–Trinajstić information content (AvgIpc) is 3.38. The summed E-state index contributed by atoms with van der Waals surface area (Å²) in [5.41, 5.74) is 0. The normalized spacial score (nSPS) is 30.5. The van der Waals surface area contributed by atoms with Crippen LogP contribution in [0.3, 0.4) is 0 Å². The Bertz CT molecular complexity index is 795. The Morgan fingerprint density at radius 3 is 2.48 bits per heavy atom. The van der Waals surface area contributed by atoms with Crippen LogP contribution in [0.25, 0.3) is 0 Å². The Morgan fingerprint density at radius 2 is 1.93 bits per heavy atom. The predicted molar refractivity (Wildman–Crippen MR) is 103 cm³/mol. The van der Waals surface area contributed by atoms with E-state index in [1.165, 1.54) is 30.0 Å². The van der Waals surface area contributed by atoms with Crippen LogP contribution in [0.4, 0.5) is 0 Å². The Kier molecular flexibility index (Phi) is 5.10. The SMILES string of the molecule is C[C@H](NC(=O)C1CCN(S(=O)(=O)c2ccn(C)c2)CC1)[C@@H]1C[C@H]2CC[C@H]1C2. The first-order valence-electron chi connectivity index (χ1n) is 10.3. The number of hydrogen-bond donors (Lipinski definition) is 1. The lowest BCUT2D eigenvalue weighted by molar-refractivity contribution is -0.127. The number of amides is 1. The van der Waals surface area contributed by atoms with E-state index in [0.717, 1.165) is 11.8 Å². The molecule has 2 saturated carbocycles. The zero-order valence-corrected chi connectivity index (χ0v) is 17.1. The van der Waals surface area contributed by atoms with Gasteiger partial charge in [-0.2, -0.15) is 4.31 Å². The van der Waals surface area contributed by atoms with Gasteiger partial charge in [0.05, 0.1) is 4.90 Å². The maximum atomic E-state index is 12.7. The average molecular weight is 394 g/mol. The smallest absolute Gasteiger partial charge is 0.244 e. The molecule has 4 atom stereocenters. The number of nitrogens with one attached hydrogen (secondary N) is 1. The number of hydrogen-bond acceptors (Lipinski definition) is 3. The van der Waals surface area contributed by atoms with Crippen molar-refractivity contribution in [3.63, 3.8) is 0 Å². The molecule has 3 aliphatic rings. The van der Waals surface area contributed by atoms with Gasteiger partial charge in [0.2, 0.25) is 15.9 Å². The van der Waals surface area contributed by atoms with E-state index >= 15 is 0 Å². The lowest BCUT2D eigenvalue weighted by Gasteiger charge is -2.33. The Balaban J connectivity index is 1.30. The van der Waals surface area contributed by atoms with E-state index in [1.807, 2.05) is 7.05 Å². The fourth-order valence-electron chi connectivity index (χ4n) is 5.49. The van der Waals surface area contributed by atoms with Crippen molar-refractivity contribution in [1.29, 1.82) is 0 Å². The largest absolute Gasteiger partial charge is 0.356 e. The van der Waals surface area contributed by atoms with E-state index in [1.54, 1.807) is 23.0 Å². The van der Waals surface area contributed by atoms with E-state index < -0.39 is 10.0 Å². The van der Waals surface area contributed by atoms with Gasteiger partial charge in [0.25, 0.3) is 0 Å². The van der Waals surface area contributed by atoms with Crippen molar-refractivity contribution in [2.45, 2.75) is 56.4 Å². The van der Waals surface area contributed by atoms with Crippen LogP contribution in [0.1, 0.15) is 45.4 Å². The van der Waals surface area contributed by atoms with Gasteiger partial charge in [-0.1, -0.05) is 6.42 Å². The molecule has 27 heavy (non-hydrogen) atoms. The molecule has 1 aliphatic heterocycles. The summed E-state index contributed by atoms with van der Waals surface area (Å²) < 4.78 is 28.7. The van der Waals surface area contributed by atoms with Crippen molar-refractivity contribution in [3.8, 4) is 0 Å². The molecule has 0 spiro atoms. The van der Waals surface area contributed by atoms with Crippen LogP contribution in [0, 0.1) is 23.7 Å². The van der Waals surface area contributed by atoms with Crippen LogP contribution in [0.2, 0.25) is 0 Å². The maximum absolute atomic E-state index is 12.7. The number of piperidine rings is 1. The second-order valence-corrected chi connectivity index (χ2v) is 10.8. The quantitative estimate of drug-likeness (QED) is 0.835. The highest BCUT2D eigenvalue weighted by atomic mass is 32.2. The van der Waals surface area contributed by atoms with Crippen molar-refractivity contribution in [2.75, 3.05) is 13.1 Å². The van der Waals surface area contributed by atoms with E-state index in [-0.39, 0.29) is 17.9 Å². The van der Waals surface area contributed by atoms with Crippen molar-refractivity contribution in [1.82, 2.24) is 14.2 Å². The summed E-state index contributed by atoms with van der Waals surface area (Å²) >= 11 is 0. The Morgan fingerprint density at radius 1 is 1.19 bits per heavy atom. The van der Waals surface area contributed by atoms with Crippen LogP contribution in [-0.4, -0.2) is 42.3 Å². The molecule has 150 valence electrons. The fourth-order valence-corrected chi connectivity index (χ4v) is 7.02. The zero-order chi connectivity index (χ0) is 19.2. The highest BCUT2D eigenvalue weighted by molar-refractivity contribution is 7.89. The van der Waals surface area contributed by atoms with E-state index in [4.69, 9.17) is 0 Å². The monoisotopic (exact) mass is 393 g/mol. The first-order valence-corrected chi connectivity index (χ1v) is 11.7. The van der Waals surface area contributed by atoms with Gasteiger partial charge in [-0.05, 0) is 62.8 Å². The predicted octanol–water partition coefficient (Wildman–Crippen LogP) is 2.37. The molecule has 0 unspecified atom stereocenters. The van der Waals surface area contributed by atoms with Crippen LogP contribution in [0.5, 0.6) is 0 Å². The molecule has 1 aromatic rings. The van der Waals surface area contributed by atoms with Crippen LogP contribution < -0.4 is 5.32 Å². The summed E-state index contributed by atoms with van der Waals surface area (Å²) in [6.07, 6.45) is 9.87. The van der Waals surface area contributed by atoms with Gasteiger partial charge >= 0.3 is 0 Å². The first kappa shape index (κ1) is 19.0. The lowest BCUT2D eigenvalue weighted by Crippen LogP contribution is -2.47. The lowest BCUT2D eigenvalue weighted by atomic mass is 9.83. The molecule has 1 saturated heterocycles. The number of rotatable bonds is 5. The number of sulfonamides is 1. The van der Waals surface area contributed by atoms with Gasteiger partial charge < -0.3 is 9.88 Å². The summed E-state index contributed by atoms with van der Waals surface area (Å²) in [5, 5.41) is 3.25. The first-order chi connectivity index (χ1) is 12.8. The van der Waals surface area contributed by atoms with Crippen molar-refractivity contribution >= 4 is 15.9 Å². The molecule has 3 fully saturated rings. The van der Waals surface area contributed by atoms with Gasteiger partial charge in [-0.25, -0.2) is 8.42 Å². The summed E-state index contributed by atoms with van der Waals surface area (Å²) in [7, 11) is -1.64. The number of aromatic nitrogens is 1. The molecular formula is C20H31N3O3S.